The highest BCUT2D eigenvalue weighted by molar-refractivity contribution is 6.30. The van der Waals surface area contributed by atoms with Crippen molar-refractivity contribution in [2.45, 2.75) is 58.0 Å². The Morgan fingerprint density at radius 2 is 1.80 bits per heavy atom. The molecule has 0 aromatic carbocycles. The molecule has 30 heavy (non-hydrogen) atoms. The van der Waals surface area contributed by atoms with E-state index in [4.69, 9.17) is 16.3 Å². The molecule has 2 N–H and O–H groups in total. The van der Waals surface area contributed by atoms with E-state index in [0.717, 1.165) is 19.3 Å². The Morgan fingerprint density at radius 1 is 1.17 bits per heavy atom. The van der Waals surface area contributed by atoms with Gasteiger partial charge in [-0.3, -0.25) is 14.4 Å². The summed E-state index contributed by atoms with van der Waals surface area (Å²) >= 11 is 5.76. The van der Waals surface area contributed by atoms with Crippen LogP contribution in [0.4, 0.5) is 5.82 Å². The van der Waals surface area contributed by atoms with Gasteiger partial charge in [-0.1, -0.05) is 11.6 Å². The molecule has 0 radical (unpaired) electrons. The van der Waals surface area contributed by atoms with Gasteiger partial charge in [0.2, 0.25) is 5.91 Å². The largest absolute Gasteiger partial charge is 0.452 e. The Hall–Kier alpha value is -2.15. The molecule has 4 bridgehead atoms. The number of hydrogen-bond donors (Lipinski definition) is 2. The SMILES string of the molecule is CC(OC(=O)CCNC(=O)C12CC3CC(CC(C3)C1)C2)C(=O)Nc1ccc(Cl)cn1. The zero-order valence-electron chi connectivity index (χ0n) is 17.2. The second-order valence-electron chi connectivity index (χ2n) is 9.19. The highest BCUT2D eigenvalue weighted by atomic mass is 35.5. The van der Waals surface area contributed by atoms with Gasteiger partial charge in [-0.05, 0) is 75.3 Å². The topological polar surface area (TPSA) is 97.4 Å². The van der Waals surface area contributed by atoms with Crippen molar-refractivity contribution in [2.24, 2.45) is 23.2 Å². The minimum absolute atomic E-state index is 0.0366. The van der Waals surface area contributed by atoms with Crippen molar-refractivity contribution in [3.63, 3.8) is 0 Å². The number of nitrogens with zero attached hydrogens (tertiary/aromatic N) is 1. The summed E-state index contributed by atoms with van der Waals surface area (Å²) in [5.74, 6) is 1.51. The predicted octanol–water partition coefficient (Wildman–Crippen LogP) is 3.33. The summed E-state index contributed by atoms with van der Waals surface area (Å²) in [6.07, 6.45) is 7.31. The van der Waals surface area contributed by atoms with Crippen molar-refractivity contribution >= 4 is 35.2 Å². The van der Waals surface area contributed by atoms with Crippen LogP contribution in [0.1, 0.15) is 51.9 Å². The Kier molecular flexibility index (Phi) is 6.00. The van der Waals surface area contributed by atoms with Crippen LogP contribution in [0.25, 0.3) is 0 Å². The molecule has 1 aromatic rings. The number of esters is 1. The van der Waals surface area contributed by atoms with Crippen LogP contribution in [-0.4, -0.2) is 35.4 Å². The first-order valence-electron chi connectivity index (χ1n) is 10.7. The summed E-state index contributed by atoms with van der Waals surface area (Å²) in [6.45, 7) is 1.73. The van der Waals surface area contributed by atoms with Crippen LogP contribution in [0.5, 0.6) is 0 Å². The Bertz CT molecular complexity index is 791. The predicted molar refractivity (Wildman–Crippen MR) is 112 cm³/mol. The summed E-state index contributed by atoms with van der Waals surface area (Å²) in [4.78, 5) is 41.1. The molecule has 1 atom stereocenters. The van der Waals surface area contributed by atoms with Crippen molar-refractivity contribution in [3.05, 3.63) is 23.4 Å². The quantitative estimate of drug-likeness (QED) is 0.643. The third kappa shape index (κ3) is 4.61. The van der Waals surface area contributed by atoms with Gasteiger partial charge >= 0.3 is 5.97 Å². The molecule has 1 unspecified atom stereocenters. The van der Waals surface area contributed by atoms with Crippen LogP contribution in [-0.2, 0) is 19.1 Å². The lowest BCUT2D eigenvalue weighted by Gasteiger charge is -2.55. The summed E-state index contributed by atoms with van der Waals surface area (Å²) in [7, 11) is 0. The Labute approximate surface area is 181 Å². The molecule has 7 nitrogen and oxygen atoms in total. The lowest BCUT2D eigenvalue weighted by molar-refractivity contribution is -0.153. The number of halogens is 1. The number of anilines is 1. The number of carbonyl (C=O) groups is 3. The van der Waals surface area contributed by atoms with Gasteiger partial charge in [0.15, 0.2) is 6.10 Å². The molecule has 4 saturated carbocycles. The maximum Gasteiger partial charge on any atom is 0.308 e. The monoisotopic (exact) mass is 433 g/mol. The van der Waals surface area contributed by atoms with Crippen LogP contribution in [0, 0.1) is 23.2 Å². The fraction of sp³-hybridized carbons (Fsp3) is 0.636. The minimum atomic E-state index is -0.964. The Morgan fingerprint density at radius 3 is 2.37 bits per heavy atom. The molecule has 8 heteroatoms. The molecular formula is C22H28ClN3O4. The summed E-state index contributed by atoms with van der Waals surface area (Å²) in [6, 6.07) is 3.17. The van der Waals surface area contributed by atoms with E-state index in [1.54, 1.807) is 12.1 Å². The number of aromatic nitrogens is 1. The average Bonchev–Trinajstić information content (AvgIpc) is 2.68. The smallest absolute Gasteiger partial charge is 0.308 e. The van der Waals surface area contributed by atoms with Crippen LogP contribution in [0.2, 0.25) is 5.02 Å². The van der Waals surface area contributed by atoms with Gasteiger partial charge in [0.25, 0.3) is 5.91 Å². The lowest BCUT2D eigenvalue weighted by atomic mass is 9.49. The molecule has 4 aliphatic rings. The number of carbonyl (C=O) groups excluding carboxylic acids is 3. The summed E-state index contributed by atoms with van der Waals surface area (Å²) < 4.78 is 5.18. The third-order valence-corrected chi connectivity index (χ3v) is 7.01. The number of rotatable bonds is 7. The van der Waals surface area contributed by atoms with Gasteiger partial charge in [0.1, 0.15) is 5.82 Å². The number of ether oxygens (including phenoxy) is 1. The molecule has 2 amide bonds. The average molecular weight is 434 g/mol. The van der Waals surface area contributed by atoms with E-state index >= 15 is 0 Å². The fourth-order valence-corrected chi connectivity index (χ4v) is 5.95. The molecule has 0 saturated heterocycles. The zero-order valence-corrected chi connectivity index (χ0v) is 17.9. The maximum atomic E-state index is 12.9. The fourth-order valence-electron chi connectivity index (χ4n) is 5.84. The van der Waals surface area contributed by atoms with Gasteiger partial charge < -0.3 is 15.4 Å². The van der Waals surface area contributed by atoms with Crippen LogP contribution < -0.4 is 10.6 Å². The normalized spacial score (nSPS) is 29.9. The van der Waals surface area contributed by atoms with Crippen molar-refractivity contribution < 1.29 is 19.1 Å². The van der Waals surface area contributed by atoms with Gasteiger partial charge in [-0.15, -0.1) is 0 Å². The van der Waals surface area contributed by atoms with E-state index in [9.17, 15) is 14.4 Å². The van der Waals surface area contributed by atoms with E-state index in [-0.39, 0.29) is 24.3 Å². The van der Waals surface area contributed by atoms with Gasteiger partial charge in [-0.25, -0.2) is 4.98 Å². The molecule has 1 heterocycles. The van der Waals surface area contributed by atoms with E-state index < -0.39 is 18.0 Å². The summed E-state index contributed by atoms with van der Waals surface area (Å²) in [5, 5.41) is 5.98. The number of hydrogen-bond acceptors (Lipinski definition) is 5. The van der Waals surface area contributed by atoms with E-state index in [1.165, 1.54) is 32.4 Å². The van der Waals surface area contributed by atoms with Crippen molar-refractivity contribution in [2.75, 3.05) is 11.9 Å². The second kappa shape index (κ2) is 8.53. The lowest BCUT2D eigenvalue weighted by Crippen LogP contribution is -2.53. The molecule has 5 rings (SSSR count). The third-order valence-electron chi connectivity index (χ3n) is 6.79. The van der Waals surface area contributed by atoms with Gasteiger partial charge in [-0.2, -0.15) is 0 Å². The first-order valence-corrected chi connectivity index (χ1v) is 11.1. The molecule has 162 valence electrons. The maximum absolute atomic E-state index is 12.9. The second-order valence-corrected chi connectivity index (χ2v) is 9.62. The molecule has 4 fully saturated rings. The molecule has 0 aliphatic heterocycles. The standard InChI is InChI=1S/C22H28ClN3O4/c1-13(20(28)26-18-3-2-17(23)12-25-18)30-19(27)4-5-24-21(29)22-9-14-6-15(10-22)8-16(7-14)11-22/h2-3,12-16H,4-11H2,1H3,(H,24,29)(H,25,26,28). The number of pyridine rings is 1. The zero-order chi connectivity index (χ0) is 21.3. The van der Waals surface area contributed by atoms with Crippen LogP contribution in [0.3, 0.4) is 0 Å². The van der Waals surface area contributed by atoms with Gasteiger partial charge in [0, 0.05) is 18.2 Å². The first kappa shape index (κ1) is 21.1. The minimum Gasteiger partial charge on any atom is -0.452 e. The number of amides is 2. The van der Waals surface area contributed by atoms with E-state index in [2.05, 4.69) is 15.6 Å². The van der Waals surface area contributed by atoms with Crippen molar-refractivity contribution in [1.29, 1.82) is 0 Å². The first-order chi connectivity index (χ1) is 14.3. The van der Waals surface area contributed by atoms with Crippen molar-refractivity contribution in [3.8, 4) is 0 Å². The van der Waals surface area contributed by atoms with Gasteiger partial charge in [0.05, 0.1) is 11.4 Å². The highest BCUT2D eigenvalue weighted by Gasteiger charge is 2.54. The van der Waals surface area contributed by atoms with E-state index in [0.29, 0.717) is 28.6 Å². The molecule has 1 aromatic heterocycles. The molecule has 4 aliphatic carbocycles. The Balaban J connectivity index is 1.20. The summed E-state index contributed by atoms with van der Waals surface area (Å²) in [5.41, 5.74) is -0.225. The number of nitrogens with one attached hydrogen (secondary N) is 2. The van der Waals surface area contributed by atoms with Crippen LogP contribution in [0.15, 0.2) is 18.3 Å². The van der Waals surface area contributed by atoms with E-state index in [1.807, 2.05) is 0 Å². The molecular weight excluding hydrogens is 406 g/mol. The highest BCUT2D eigenvalue weighted by Crippen LogP contribution is 2.60. The molecule has 0 spiro atoms. The van der Waals surface area contributed by atoms with Crippen molar-refractivity contribution in [1.82, 2.24) is 10.3 Å². The van der Waals surface area contributed by atoms with Crippen LogP contribution >= 0.6 is 11.6 Å².